The van der Waals surface area contributed by atoms with Crippen LogP contribution in [0.2, 0.25) is 0 Å². The molecule has 3 aromatic rings. The van der Waals surface area contributed by atoms with Crippen molar-refractivity contribution in [3.05, 3.63) is 65.0 Å². The van der Waals surface area contributed by atoms with Gasteiger partial charge < -0.3 is 4.90 Å². The predicted octanol–water partition coefficient (Wildman–Crippen LogP) is 3.08. The molecule has 1 aromatic carbocycles. The minimum Gasteiger partial charge on any atom is -0.332 e. The number of benzene rings is 1. The van der Waals surface area contributed by atoms with Crippen LogP contribution in [0.15, 0.2) is 36.7 Å². The molecular weight excluding hydrogens is 397 g/mol. The van der Waals surface area contributed by atoms with Crippen LogP contribution < -0.4 is 0 Å². The maximum atomic E-state index is 13.4. The number of carbonyl (C=O) groups is 1. The SMILES string of the molecule is Cc1ccc(-c2ccc3c(c2)CN(C(=O)Cn2cnc(C#N)n2)C3)c(C(F)(F)F)n1. The number of nitriles is 1. The number of carbonyl (C=O) groups excluding carboxylic acids is 1. The van der Waals surface area contributed by atoms with E-state index in [2.05, 4.69) is 15.1 Å². The minimum atomic E-state index is -4.57. The Balaban J connectivity index is 1.57. The van der Waals surface area contributed by atoms with E-state index in [4.69, 9.17) is 5.26 Å². The molecule has 0 bridgehead atoms. The third kappa shape index (κ3) is 3.74. The molecule has 0 spiro atoms. The van der Waals surface area contributed by atoms with Crippen molar-refractivity contribution in [3.8, 4) is 17.2 Å². The fourth-order valence-electron chi connectivity index (χ4n) is 3.40. The number of fused-ring (bicyclic) bond motifs is 1. The average Bonchev–Trinajstić information content (AvgIpc) is 3.33. The van der Waals surface area contributed by atoms with E-state index < -0.39 is 11.9 Å². The number of amides is 1. The number of aryl methyl sites for hydroxylation is 1. The maximum absolute atomic E-state index is 13.4. The zero-order chi connectivity index (χ0) is 21.5. The quantitative estimate of drug-likeness (QED) is 0.660. The second-order valence-corrected chi connectivity index (χ2v) is 6.96. The second kappa shape index (κ2) is 7.26. The summed E-state index contributed by atoms with van der Waals surface area (Å²) in [5, 5.41) is 12.6. The van der Waals surface area contributed by atoms with Crippen molar-refractivity contribution in [3.63, 3.8) is 0 Å². The first-order valence-corrected chi connectivity index (χ1v) is 8.99. The number of pyridine rings is 1. The zero-order valence-corrected chi connectivity index (χ0v) is 15.8. The number of hydrogen-bond acceptors (Lipinski definition) is 5. The predicted molar refractivity (Wildman–Crippen MR) is 98.4 cm³/mol. The van der Waals surface area contributed by atoms with E-state index in [0.717, 1.165) is 11.1 Å². The fourth-order valence-corrected chi connectivity index (χ4v) is 3.40. The summed E-state index contributed by atoms with van der Waals surface area (Å²) in [6.45, 7) is 2.07. The van der Waals surface area contributed by atoms with Crippen LogP contribution in [0.5, 0.6) is 0 Å². The van der Waals surface area contributed by atoms with E-state index in [1.807, 2.05) is 0 Å². The van der Waals surface area contributed by atoms with Crippen molar-refractivity contribution < 1.29 is 18.0 Å². The van der Waals surface area contributed by atoms with Gasteiger partial charge >= 0.3 is 6.18 Å². The van der Waals surface area contributed by atoms with E-state index >= 15 is 0 Å². The molecule has 0 fully saturated rings. The third-order valence-electron chi connectivity index (χ3n) is 4.83. The second-order valence-electron chi connectivity index (χ2n) is 6.96. The van der Waals surface area contributed by atoms with Crippen LogP contribution in [0.4, 0.5) is 13.2 Å². The highest BCUT2D eigenvalue weighted by Crippen LogP contribution is 2.37. The summed E-state index contributed by atoms with van der Waals surface area (Å²) in [6.07, 6.45) is -3.26. The molecule has 0 saturated heterocycles. The van der Waals surface area contributed by atoms with Crippen molar-refractivity contribution in [2.24, 2.45) is 0 Å². The number of alkyl halides is 3. The van der Waals surface area contributed by atoms with Crippen LogP contribution in [0.1, 0.15) is 28.3 Å². The summed E-state index contributed by atoms with van der Waals surface area (Å²) in [6, 6.07) is 9.78. The average molecular weight is 412 g/mol. The normalized spacial score (nSPS) is 13.2. The lowest BCUT2D eigenvalue weighted by atomic mass is 9.99. The Morgan fingerprint density at radius 3 is 2.67 bits per heavy atom. The summed E-state index contributed by atoms with van der Waals surface area (Å²) in [5.41, 5.74) is 1.43. The van der Waals surface area contributed by atoms with Gasteiger partial charge in [0.1, 0.15) is 18.9 Å². The van der Waals surface area contributed by atoms with Crippen molar-refractivity contribution in [2.75, 3.05) is 0 Å². The van der Waals surface area contributed by atoms with Crippen LogP contribution in [-0.2, 0) is 30.6 Å². The number of halogens is 3. The maximum Gasteiger partial charge on any atom is 0.433 e. The minimum absolute atomic E-state index is 0.00678. The first-order chi connectivity index (χ1) is 14.2. The van der Waals surface area contributed by atoms with Gasteiger partial charge in [-0.2, -0.15) is 18.4 Å². The molecular formula is C20H15F3N6O. The monoisotopic (exact) mass is 412 g/mol. The Morgan fingerprint density at radius 1 is 1.20 bits per heavy atom. The Labute approximate surface area is 169 Å². The molecule has 152 valence electrons. The van der Waals surface area contributed by atoms with Gasteiger partial charge in [-0.15, -0.1) is 5.10 Å². The molecule has 3 heterocycles. The van der Waals surface area contributed by atoms with E-state index in [0.29, 0.717) is 12.1 Å². The van der Waals surface area contributed by atoms with E-state index in [9.17, 15) is 18.0 Å². The molecule has 0 N–H and O–H groups in total. The van der Waals surface area contributed by atoms with Gasteiger partial charge in [-0.25, -0.2) is 14.6 Å². The van der Waals surface area contributed by atoms with Crippen molar-refractivity contribution in [1.29, 1.82) is 5.26 Å². The first-order valence-electron chi connectivity index (χ1n) is 8.99. The van der Waals surface area contributed by atoms with Gasteiger partial charge in [0.15, 0.2) is 5.69 Å². The molecule has 0 atom stereocenters. The van der Waals surface area contributed by atoms with Crippen LogP contribution in [0.3, 0.4) is 0 Å². The lowest BCUT2D eigenvalue weighted by Gasteiger charge is -2.15. The van der Waals surface area contributed by atoms with E-state index in [1.165, 1.54) is 24.0 Å². The summed E-state index contributed by atoms with van der Waals surface area (Å²) in [7, 11) is 0. The molecule has 0 aliphatic carbocycles. The Bertz CT molecular complexity index is 1180. The standard InChI is InChI=1S/C20H15F3N6O/c1-12-2-5-16(19(26-12)20(21,22)23)13-3-4-14-8-28(9-15(14)6-13)18(30)10-29-11-25-17(7-24)27-29/h2-6,11H,8-10H2,1H3. The summed E-state index contributed by atoms with van der Waals surface area (Å²) in [4.78, 5) is 21.6. The van der Waals surface area contributed by atoms with Crippen LogP contribution in [0.25, 0.3) is 11.1 Å². The Kier molecular flexibility index (Phi) is 4.73. The largest absolute Gasteiger partial charge is 0.433 e. The van der Waals surface area contributed by atoms with Crippen LogP contribution >= 0.6 is 0 Å². The smallest absolute Gasteiger partial charge is 0.332 e. The number of nitrogens with zero attached hydrogens (tertiary/aromatic N) is 6. The highest BCUT2D eigenvalue weighted by atomic mass is 19.4. The van der Waals surface area contributed by atoms with Crippen LogP contribution in [-0.4, -0.2) is 30.6 Å². The molecule has 0 radical (unpaired) electrons. The molecule has 30 heavy (non-hydrogen) atoms. The molecule has 0 unspecified atom stereocenters. The molecule has 2 aromatic heterocycles. The van der Waals surface area contributed by atoms with E-state index in [1.54, 1.807) is 35.2 Å². The van der Waals surface area contributed by atoms with Crippen molar-refractivity contribution in [2.45, 2.75) is 32.7 Å². The zero-order valence-electron chi connectivity index (χ0n) is 15.8. The number of hydrogen-bond donors (Lipinski definition) is 0. The lowest BCUT2D eigenvalue weighted by Crippen LogP contribution is -2.29. The van der Waals surface area contributed by atoms with Crippen molar-refractivity contribution in [1.82, 2.24) is 24.6 Å². The number of rotatable bonds is 3. The lowest BCUT2D eigenvalue weighted by molar-refractivity contribution is -0.140. The van der Waals surface area contributed by atoms with Crippen molar-refractivity contribution >= 4 is 5.91 Å². The summed E-state index contributed by atoms with van der Waals surface area (Å²) in [5.74, 6) is -0.251. The highest BCUT2D eigenvalue weighted by molar-refractivity contribution is 5.77. The van der Waals surface area contributed by atoms with Gasteiger partial charge in [0.05, 0.1) is 0 Å². The van der Waals surface area contributed by atoms with Gasteiger partial charge in [0, 0.05) is 24.3 Å². The summed E-state index contributed by atoms with van der Waals surface area (Å²) >= 11 is 0. The molecule has 1 amide bonds. The third-order valence-corrected chi connectivity index (χ3v) is 4.83. The van der Waals surface area contributed by atoms with E-state index in [-0.39, 0.29) is 36.1 Å². The van der Waals surface area contributed by atoms with Gasteiger partial charge in [-0.05, 0) is 35.7 Å². The van der Waals surface area contributed by atoms with Gasteiger partial charge in [0.25, 0.3) is 5.82 Å². The first kappa shape index (κ1) is 19.6. The highest BCUT2D eigenvalue weighted by Gasteiger charge is 2.36. The number of aromatic nitrogens is 4. The fraction of sp³-hybridized carbons (Fsp3) is 0.250. The van der Waals surface area contributed by atoms with Gasteiger partial charge in [-0.1, -0.05) is 18.2 Å². The molecule has 10 heteroatoms. The van der Waals surface area contributed by atoms with Gasteiger partial charge in [-0.3, -0.25) is 4.79 Å². The molecule has 7 nitrogen and oxygen atoms in total. The Hall–Kier alpha value is -3.74. The molecule has 4 rings (SSSR count). The van der Waals surface area contributed by atoms with Crippen LogP contribution in [0, 0.1) is 18.3 Å². The summed E-state index contributed by atoms with van der Waals surface area (Å²) < 4.78 is 41.6. The Morgan fingerprint density at radius 2 is 1.97 bits per heavy atom. The molecule has 1 aliphatic heterocycles. The topological polar surface area (TPSA) is 87.7 Å². The van der Waals surface area contributed by atoms with Gasteiger partial charge in [0.2, 0.25) is 5.91 Å². The molecule has 0 saturated carbocycles. The molecule has 1 aliphatic rings.